The van der Waals surface area contributed by atoms with Gasteiger partial charge in [0.25, 0.3) is 5.91 Å². The molecule has 3 N–H and O–H groups in total. The number of pyridine rings is 1. The average molecular weight is 410 g/mol. The van der Waals surface area contributed by atoms with Gasteiger partial charge >= 0.3 is 0 Å². The number of benzene rings is 1. The maximum atomic E-state index is 14.5. The molecule has 1 aliphatic heterocycles. The highest BCUT2D eigenvalue weighted by atomic mass is 19.1. The van der Waals surface area contributed by atoms with Gasteiger partial charge in [-0.05, 0) is 36.8 Å². The van der Waals surface area contributed by atoms with Crippen molar-refractivity contribution in [2.45, 2.75) is 6.42 Å². The van der Waals surface area contributed by atoms with Crippen LogP contribution in [0.25, 0.3) is 11.3 Å². The van der Waals surface area contributed by atoms with Crippen molar-refractivity contribution in [1.82, 2.24) is 9.88 Å². The van der Waals surface area contributed by atoms with Crippen molar-refractivity contribution >= 4 is 17.5 Å². The van der Waals surface area contributed by atoms with E-state index in [9.17, 15) is 14.0 Å². The summed E-state index contributed by atoms with van der Waals surface area (Å²) < 4.78 is 19.5. The number of amides is 2. The number of anilines is 1. The summed E-state index contributed by atoms with van der Waals surface area (Å²) in [5.41, 5.74) is 6.93. The molecule has 1 aromatic carbocycles. The second-order valence-corrected chi connectivity index (χ2v) is 6.94. The Morgan fingerprint density at radius 1 is 1.40 bits per heavy atom. The standard InChI is InChI=1S/C22H23FN4O3/c1-27-11-9-15(22(27)29)5-3-14-4-6-17(23)16(13-14)18-7-8-19(25-10-12-30-2)20(26-18)21(24)28/h4,6-8,13,15,25H,9-12H2,1-2H3,(H2,24,28). The highest BCUT2D eigenvalue weighted by Crippen LogP contribution is 2.25. The molecule has 1 aliphatic rings. The summed E-state index contributed by atoms with van der Waals surface area (Å²) in [5, 5.41) is 3.02. The predicted molar refractivity (Wildman–Crippen MR) is 111 cm³/mol. The minimum Gasteiger partial charge on any atom is -0.383 e. The number of carbonyl (C=O) groups is 2. The smallest absolute Gasteiger partial charge is 0.269 e. The topological polar surface area (TPSA) is 97.6 Å². The molecule has 0 spiro atoms. The zero-order chi connectivity index (χ0) is 21.7. The molecule has 0 bridgehead atoms. The molecule has 0 aliphatic carbocycles. The molecule has 3 rings (SSSR count). The second kappa shape index (κ2) is 9.37. The number of hydrogen-bond acceptors (Lipinski definition) is 5. The molecule has 1 fully saturated rings. The molecule has 0 saturated carbocycles. The van der Waals surface area contributed by atoms with E-state index in [2.05, 4.69) is 22.1 Å². The largest absolute Gasteiger partial charge is 0.383 e. The number of nitrogens with zero attached hydrogens (tertiary/aromatic N) is 2. The van der Waals surface area contributed by atoms with Crippen molar-refractivity contribution in [3.63, 3.8) is 0 Å². The number of primary amides is 1. The van der Waals surface area contributed by atoms with Gasteiger partial charge in [0, 0.05) is 38.4 Å². The molecule has 7 nitrogen and oxygen atoms in total. The number of likely N-dealkylation sites (tertiary alicyclic amines) is 1. The number of nitrogens with two attached hydrogens (primary N) is 1. The third-order valence-corrected chi connectivity index (χ3v) is 4.81. The number of aromatic nitrogens is 1. The average Bonchev–Trinajstić information content (AvgIpc) is 3.05. The Morgan fingerprint density at radius 3 is 2.87 bits per heavy atom. The molecule has 2 amide bonds. The van der Waals surface area contributed by atoms with Gasteiger partial charge < -0.3 is 20.7 Å². The number of methoxy groups -OCH3 is 1. The van der Waals surface area contributed by atoms with Gasteiger partial charge in [-0.2, -0.15) is 0 Å². The first kappa shape index (κ1) is 21.3. The van der Waals surface area contributed by atoms with Crippen LogP contribution in [0.15, 0.2) is 30.3 Å². The number of rotatable bonds is 6. The van der Waals surface area contributed by atoms with Crippen LogP contribution < -0.4 is 11.1 Å². The SMILES string of the molecule is COCCNc1ccc(-c2cc(C#CC3CCN(C)C3=O)ccc2F)nc1C(N)=O. The summed E-state index contributed by atoms with van der Waals surface area (Å²) in [6.45, 7) is 1.58. The Labute approximate surface area is 174 Å². The highest BCUT2D eigenvalue weighted by Gasteiger charge is 2.27. The van der Waals surface area contributed by atoms with E-state index in [0.29, 0.717) is 37.4 Å². The fraction of sp³-hybridized carbons (Fsp3) is 0.318. The van der Waals surface area contributed by atoms with Crippen molar-refractivity contribution in [3.05, 3.63) is 47.4 Å². The Bertz CT molecular complexity index is 1030. The molecule has 1 atom stereocenters. The lowest BCUT2D eigenvalue weighted by atomic mass is 10.0. The van der Waals surface area contributed by atoms with Crippen LogP contribution in [-0.4, -0.2) is 55.6 Å². The summed E-state index contributed by atoms with van der Waals surface area (Å²) in [6.07, 6.45) is 0.678. The third-order valence-electron chi connectivity index (χ3n) is 4.81. The molecule has 1 aromatic heterocycles. The number of carbonyl (C=O) groups excluding carboxylic acids is 2. The van der Waals surface area contributed by atoms with E-state index in [-0.39, 0.29) is 28.8 Å². The van der Waals surface area contributed by atoms with Crippen LogP contribution >= 0.6 is 0 Å². The van der Waals surface area contributed by atoms with Crippen molar-refractivity contribution in [1.29, 1.82) is 0 Å². The third kappa shape index (κ3) is 4.75. The Kier molecular flexibility index (Phi) is 6.65. The number of halogens is 1. The van der Waals surface area contributed by atoms with Gasteiger partial charge in [-0.15, -0.1) is 0 Å². The number of ether oxygens (including phenoxy) is 1. The van der Waals surface area contributed by atoms with E-state index in [0.717, 1.165) is 0 Å². The summed E-state index contributed by atoms with van der Waals surface area (Å²) in [5.74, 6) is 4.33. The molecule has 2 heterocycles. The van der Waals surface area contributed by atoms with E-state index in [1.807, 2.05) is 0 Å². The number of nitrogens with one attached hydrogen (secondary N) is 1. The fourth-order valence-corrected chi connectivity index (χ4v) is 3.15. The molecular weight excluding hydrogens is 387 g/mol. The van der Waals surface area contributed by atoms with Crippen LogP contribution in [0.2, 0.25) is 0 Å². The lowest BCUT2D eigenvalue weighted by molar-refractivity contribution is -0.128. The summed E-state index contributed by atoms with van der Waals surface area (Å²) in [4.78, 5) is 29.7. The molecular formula is C22H23FN4O3. The fourth-order valence-electron chi connectivity index (χ4n) is 3.15. The molecule has 30 heavy (non-hydrogen) atoms. The van der Waals surface area contributed by atoms with Gasteiger partial charge in [-0.1, -0.05) is 11.8 Å². The first-order valence-corrected chi connectivity index (χ1v) is 9.50. The van der Waals surface area contributed by atoms with Crippen LogP contribution in [-0.2, 0) is 9.53 Å². The molecule has 1 saturated heterocycles. The highest BCUT2D eigenvalue weighted by molar-refractivity contribution is 5.97. The lowest BCUT2D eigenvalue weighted by Crippen LogP contribution is -2.21. The van der Waals surface area contributed by atoms with E-state index in [1.54, 1.807) is 43.3 Å². The van der Waals surface area contributed by atoms with Gasteiger partial charge in [0.05, 0.1) is 18.0 Å². The molecule has 1 unspecified atom stereocenters. The van der Waals surface area contributed by atoms with Crippen molar-refractivity contribution in [2.24, 2.45) is 11.7 Å². The quantitative estimate of drug-likeness (QED) is 0.560. The Morgan fingerprint density at radius 2 is 2.20 bits per heavy atom. The molecule has 156 valence electrons. The maximum Gasteiger partial charge on any atom is 0.269 e. The van der Waals surface area contributed by atoms with Crippen LogP contribution in [0.3, 0.4) is 0 Å². The predicted octanol–water partition coefficient (Wildman–Crippen LogP) is 1.87. The van der Waals surface area contributed by atoms with Crippen molar-refractivity contribution < 1.29 is 18.7 Å². The monoisotopic (exact) mass is 410 g/mol. The first-order chi connectivity index (χ1) is 14.4. The molecule has 2 aromatic rings. The second-order valence-electron chi connectivity index (χ2n) is 6.94. The molecule has 0 radical (unpaired) electrons. The van der Waals surface area contributed by atoms with Crippen LogP contribution in [0.4, 0.5) is 10.1 Å². The van der Waals surface area contributed by atoms with Gasteiger partial charge in [-0.3, -0.25) is 9.59 Å². The van der Waals surface area contributed by atoms with Crippen LogP contribution in [0, 0.1) is 23.6 Å². The minimum absolute atomic E-state index is 0.00540. The van der Waals surface area contributed by atoms with E-state index in [1.165, 1.54) is 6.07 Å². The number of hydrogen-bond donors (Lipinski definition) is 2. The van der Waals surface area contributed by atoms with E-state index < -0.39 is 11.7 Å². The van der Waals surface area contributed by atoms with Crippen LogP contribution in [0.5, 0.6) is 0 Å². The van der Waals surface area contributed by atoms with Gasteiger partial charge in [0.2, 0.25) is 5.91 Å². The minimum atomic E-state index is -0.725. The summed E-state index contributed by atoms with van der Waals surface area (Å²) >= 11 is 0. The summed E-state index contributed by atoms with van der Waals surface area (Å²) in [6, 6.07) is 7.62. The van der Waals surface area contributed by atoms with E-state index >= 15 is 0 Å². The van der Waals surface area contributed by atoms with Crippen LogP contribution in [0.1, 0.15) is 22.5 Å². The Balaban J connectivity index is 1.90. The first-order valence-electron chi connectivity index (χ1n) is 9.50. The van der Waals surface area contributed by atoms with Gasteiger partial charge in [0.15, 0.2) is 5.69 Å². The van der Waals surface area contributed by atoms with Gasteiger partial charge in [-0.25, -0.2) is 9.37 Å². The molecule has 8 heteroatoms. The summed E-state index contributed by atoms with van der Waals surface area (Å²) in [7, 11) is 3.31. The van der Waals surface area contributed by atoms with Crippen molar-refractivity contribution in [2.75, 3.05) is 39.2 Å². The zero-order valence-corrected chi connectivity index (χ0v) is 16.9. The normalized spacial score (nSPS) is 15.6. The maximum absolute atomic E-state index is 14.5. The van der Waals surface area contributed by atoms with E-state index in [4.69, 9.17) is 10.5 Å². The van der Waals surface area contributed by atoms with Gasteiger partial charge in [0.1, 0.15) is 11.7 Å². The lowest BCUT2D eigenvalue weighted by Gasteiger charge is -2.11. The zero-order valence-electron chi connectivity index (χ0n) is 16.9. The van der Waals surface area contributed by atoms with Crippen molar-refractivity contribution in [3.8, 4) is 23.1 Å². The Hall–Kier alpha value is -3.44.